The lowest BCUT2D eigenvalue weighted by molar-refractivity contribution is 0.202. The Hall–Kier alpha value is -2.33. The third-order valence-corrected chi connectivity index (χ3v) is 3.47. The third kappa shape index (κ3) is 3.23. The van der Waals surface area contributed by atoms with Crippen LogP contribution in [0.1, 0.15) is 11.3 Å². The summed E-state index contributed by atoms with van der Waals surface area (Å²) in [6.45, 7) is 1.44. The summed E-state index contributed by atoms with van der Waals surface area (Å²) in [5.74, 6) is 0. The molecular weight excluding hydrogens is 262 g/mol. The first-order chi connectivity index (χ1) is 10.4. The predicted octanol–water partition coefficient (Wildman–Crippen LogP) is 3.14. The van der Waals surface area contributed by atoms with E-state index in [2.05, 4.69) is 34.7 Å². The Morgan fingerprint density at radius 3 is 2.86 bits per heavy atom. The second-order valence-electron chi connectivity index (χ2n) is 4.95. The Morgan fingerprint density at radius 1 is 1.14 bits per heavy atom. The summed E-state index contributed by atoms with van der Waals surface area (Å²) in [5, 5.41) is 3.47. The highest BCUT2D eigenvalue weighted by Crippen LogP contribution is 2.17. The first-order valence-electron chi connectivity index (χ1n) is 7.10. The van der Waals surface area contributed by atoms with Crippen LogP contribution in [0.3, 0.4) is 0 Å². The Bertz CT molecular complexity index is 688. The predicted molar refractivity (Wildman–Crippen MR) is 84.5 cm³/mol. The van der Waals surface area contributed by atoms with Crippen molar-refractivity contribution in [1.29, 1.82) is 0 Å². The molecule has 3 aromatic rings. The number of fused-ring (bicyclic) bond motifs is 1. The zero-order valence-corrected chi connectivity index (χ0v) is 12.1. The van der Waals surface area contributed by atoms with Gasteiger partial charge in [-0.15, -0.1) is 0 Å². The van der Waals surface area contributed by atoms with Crippen LogP contribution in [0.2, 0.25) is 0 Å². The molecule has 0 unspecified atom stereocenters. The summed E-state index contributed by atoms with van der Waals surface area (Å²) < 4.78 is 7.20. The number of methoxy groups -OCH3 is 1. The highest BCUT2D eigenvalue weighted by molar-refractivity contribution is 5.51. The molecule has 0 spiro atoms. The Labute approximate surface area is 124 Å². The van der Waals surface area contributed by atoms with Crippen molar-refractivity contribution in [2.24, 2.45) is 0 Å². The minimum Gasteiger partial charge on any atom is -0.384 e. The van der Waals surface area contributed by atoms with Crippen LogP contribution in [0, 0.1) is 0 Å². The minimum atomic E-state index is 0.714. The Balaban J connectivity index is 1.72. The van der Waals surface area contributed by atoms with Gasteiger partial charge in [0.05, 0.1) is 18.8 Å². The maximum atomic E-state index is 5.16. The minimum absolute atomic E-state index is 0.714. The van der Waals surface area contributed by atoms with Gasteiger partial charge in [-0.25, -0.2) is 4.98 Å². The van der Waals surface area contributed by atoms with Gasteiger partial charge in [-0.1, -0.05) is 24.3 Å². The van der Waals surface area contributed by atoms with Crippen molar-refractivity contribution in [2.75, 3.05) is 19.0 Å². The molecule has 4 nitrogen and oxygen atoms in total. The fraction of sp³-hybridized carbons (Fsp3) is 0.235. The van der Waals surface area contributed by atoms with Crippen LogP contribution in [0.4, 0.5) is 5.69 Å². The lowest BCUT2D eigenvalue weighted by Crippen LogP contribution is -2.04. The number of imidazole rings is 1. The maximum Gasteiger partial charge on any atom is 0.137 e. The molecule has 108 valence electrons. The second-order valence-corrected chi connectivity index (χ2v) is 4.95. The standard InChI is InChI=1S/C17H19N3O/c1-21-11-9-14-6-2-3-7-16(14)18-12-15-13-20-10-5-4-8-17(20)19-15/h2-8,10,13,18H,9,11-12H2,1H3. The van der Waals surface area contributed by atoms with Gasteiger partial charge in [0.15, 0.2) is 0 Å². The van der Waals surface area contributed by atoms with Gasteiger partial charge >= 0.3 is 0 Å². The monoisotopic (exact) mass is 281 g/mol. The van der Waals surface area contributed by atoms with Crippen LogP contribution in [0.15, 0.2) is 54.9 Å². The molecule has 0 saturated carbocycles. The summed E-state index contributed by atoms with van der Waals surface area (Å²) in [7, 11) is 1.73. The van der Waals surface area contributed by atoms with E-state index in [0.29, 0.717) is 6.54 Å². The highest BCUT2D eigenvalue weighted by atomic mass is 16.5. The van der Waals surface area contributed by atoms with E-state index in [1.54, 1.807) is 7.11 Å². The van der Waals surface area contributed by atoms with E-state index in [0.717, 1.165) is 30.1 Å². The van der Waals surface area contributed by atoms with E-state index < -0.39 is 0 Å². The first kappa shape index (κ1) is 13.6. The molecular formula is C17H19N3O. The average molecular weight is 281 g/mol. The van der Waals surface area contributed by atoms with Crippen LogP contribution in [-0.2, 0) is 17.7 Å². The van der Waals surface area contributed by atoms with Crippen molar-refractivity contribution in [3.63, 3.8) is 0 Å². The van der Waals surface area contributed by atoms with Crippen molar-refractivity contribution < 1.29 is 4.74 Å². The number of pyridine rings is 1. The molecule has 2 heterocycles. The molecule has 0 saturated heterocycles. The maximum absolute atomic E-state index is 5.16. The molecule has 0 radical (unpaired) electrons. The topological polar surface area (TPSA) is 38.6 Å². The average Bonchev–Trinajstić information content (AvgIpc) is 2.94. The SMILES string of the molecule is COCCc1ccccc1NCc1cn2ccccc2n1. The lowest BCUT2D eigenvalue weighted by atomic mass is 10.1. The second kappa shape index (κ2) is 6.41. The summed E-state index contributed by atoms with van der Waals surface area (Å²) in [6.07, 6.45) is 4.98. The fourth-order valence-corrected chi connectivity index (χ4v) is 2.38. The Morgan fingerprint density at radius 2 is 2.00 bits per heavy atom. The quantitative estimate of drug-likeness (QED) is 0.754. The zero-order valence-electron chi connectivity index (χ0n) is 12.1. The van der Waals surface area contributed by atoms with Gasteiger partial charge in [0, 0.05) is 25.2 Å². The number of para-hydroxylation sites is 1. The van der Waals surface area contributed by atoms with Crippen LogP contribution < -0.4 is 5.32 Å². The molecule has 0 amide bonds. The number of nitrogens with zero attached hydrogens (tertiary/aromatic N) is 2. The summed E-state index contributed by atoms with van der Waals surface area (Å²) in [6, 6.07) is 14.3. The number of benzene rings is 1. The first-order valence-corrected chi connectivity index (χ1v) is 7.10. The zero-order chi connectivity index (χ0) is 14.5. The highest BCUT2D eigenvalue weighted by Gasteiger charge is 2.04. The van der Waals surface area contributed by atoms with Gasteiger partial charge in [0.25, 0.3) is 0 Å². The molecule has 4 heteroatoms. The number of hydrogen-bond acceptors (Lipinski definition) is 3. The largest absolute Gasteiger partial charge is 0.384 e. The smallest absolute Gasteiger partial charge is 0.137 e. The molecule has 0 aliphatic rings. The summed E-state index contributed by atoms with van der Waals surface area (Å²) >= 11 is 0. The summed E-state index contributed by atoms with van der Waals surface area (Å²) in [4.78, 5) is 4.60. The molecule has 21 heavy (non-hydrogen) atoms. The van der Waals surface area contributed by atoms with Crippen molar-refractivity contribution in [1.82, 2.24) is 9.38 Å². The molecule has 1 aromatic carbocycles. The number of ether oxygens (including phenoxy) is 1. The number of nitrogens with one attached hydrogen (secondary N) is 1. The molecule has 1 N–H and O–H groups in total. The molecule has 0 aliphatic carbocycles. The number of anilines is 1. The molecule has 0 atom stereocenters. The normalized spacial score (nSPS) is 10.9. The Kier molecular flexibility index (Phi) is 4.17. The van der Waals surface area contributed by atoms with E-state index >= 15 is 0 Å². The molecule has 3 rings (SSSR count). The third-order valence-electron chi connectivity index (χ3n) is 3.47. The molecule has 2 aromatic heterocycles. The number of aromatic nitrogens is 2. The van der Waals surface area contributed by atoms with Gasteiger partial charge in [0.1, 0.15) is 5.65 Å². The number of rotatable bonds is 6. The van der Waals surface area contributed by atoms with Gasteiger partial charge in [0.2, 0.25) is 0 Å². The van der Waals surface area contributed by atoms with Crippen molar-refractivity contribution in [2.45, 2.75) is 13.0 Å². The van der Waals surface area contributed by atoms with Crippen molar-refractivity contribution in [3.05, 3.63) is 66.1 Å². The molecule has 0 bridgehead atoms. The van der Waals surface area contributed by atoms with Crippen molar-refractivity contribution in [3.8, 4) is 0 Å². The van der Waals surface area contributed by atoms with Crippen molar-refractivity contribution >= 4 is 11.3 Å². The van der Waals surface area contributed by atoms with E-state index in [-0.39, 0.29) is 0 Å². The van der Waals surface area contributed by atoms with Crippen LogP contribution in [0.5, 0.6) is 0 Å². The van der Waals surface area contributed by atoms with E-state index in [1.165, 1.54) is 5.56 Å². The van der Waals surface area contributed by atoms with E-state index in [9.17, 15) is 0 Å². The van der Waals surface area contributed by atoms with Gasteiger partial charge in [-0.3, -0.25) is 0 Å². The van der Waals surface area contributed by atoms with Gasteiger partial charge < -0.3 is 14.5 Å². The summed E-state index contributed by atoms with van der Waals surface area (Å²) in [5.41, 5.74) is 4.42. The van der Waals surface area contributed by atoms with Crippen LogP contribution >= 0.6 is 0 Å². The lowest BCUT2D eigenvalue weighted by Gasteiger charge is -2.10. The molecule has 0 fully saturated rings. The van der Waals surface area contributed by atoms with Crippen LogP contribution in [-0.4, -0.2) is 23.1 Å². The molecule has 0 aliphatic heterocycles. The van der Waals surface area contributed by atoms with Crippen LogP contribution in [0.25, 0.3) is 5.65 Å². The van der Waals surface area contributed by atoms with E-state index in [4.69, 9.17) is 4.74 Å². The van der Waals surface area contributed by atoms with Gasteiger partial charge in [-0.05, 0) is 30.2 Å². The fourth-order valence-electron chi connectivity index (χ4n) is 2.38. The number of hydrogen-bond donors (Lipinski definition) is 1. The van der Waals surface area contributed by atoms with Gasteiger partial charge in [-0.2, -0.15) is 0 Å². The van der Waals surface area contributed by atoms with E-state index in [1.807, 2.05) is 34.9 Å².